The standard InChI is InChI=1S/C10H14O4/c1-3-7(11)5-9-10(13)8(12)4-6(2)14-9/h4,7,11,13H,3,5H2,1-2H3. The van der Waals surface area contributed by atoms with Gasteiger partial charge in [-0.15, -0.1) is 0 Å². The van der Waals surface area contributed by atoms with Crippen molar-refractivity contribution in [2.24, 2.45) is 0 Å². The van der Waals surface area contributed by atoms with Crippen LogP contribution in [0, 0.1) is 6.92 Å². The van der Waals surface area contributed by atoms with Crippen molar-refractivity contribution in [3.63, 3.8) is 0 Å². The third kappa shape index (κ3) is 2.35. The molecule has 0 saturated carbocycles. The lowest BCUT2D eigenvalue weighted by atomic mass is 10.1. The van der Waals surface area contributed by atoms with Crippen LogP contribution in [0.4, 0.5) is 0 Å². The molecule has 1 aromatic rings. The van der Waals surface area contributed by atoms with E-state index in [9.17, 15) is 15.0 Å². The van der Waals surface area contributed by atoms with Gasteiger partial charge in [0.25, 0.3) is 0 Å². The molecule has 78 valence electrons. The van der Waals surface area contributed by atoms with E-state index in [0.29, 0.717) is 12.2 Å². The van der Waals surface area contributed by atoms with E-state index in [1.165, 1.54) is 6.07 Å². The molecule has 0 aromatic carbocycles. The van der Waals surface area contributed by atoms with E-state index in [4.69, 9.17) is 4.42 Å². The summed E-state index contributed by atoms with van der Waals surface area (Å²) >= 11 is 0. The lowest BCUT2D eigenvalue weighted by Gasteiger charge is -2.08. The first-order valence-electron chi connectivity index (χ1n) is 4.55. The Bertz CT molecular complexity index is 367. The second kappa shape index (κ2) is 4.28. The van der Waals surface area contributed by atoms with E-state index in [-0.39, 0.29) is 12.2 Å². The van der Waals surface area contributed by atoms with Crippen LogP contribution >= 0.6 is 0 Å². The van der Waals surface area contributed by atoms with Gasteiger partial charge in [-0.3, -0.25) is 4.79 Å². The zero-order chi connectivity index (χ0) is 10.7. The lowest BCUT2D eigenvalue weighted by Crippen LogP contribution is -2.11. The quantitative estimate of drug-likeness (QED) is 0.759. The maximum Gasteiger partial charge on any atom is 0.227 e. The third-order valence-corrected chi connectivity index (χ3v) is 2.01. The lowest BCUT2D eigenvalue weighted by molar-refractivity contribution is 0.160. The van der Waals surface area contributed by atoms with Crippen LogP contribution in [0.1, 0.15) is 24.9 Å². The molecule has 4 nitrogen and oxygen atoms in total. The van der Waals surface area contributed by atoms with E-state index < -0.39 is 17.3 Å². The van der Waals surface area contributed by atoms with Crippen molar-refractivity contribution in [1.82, 2.24) is 0 Å². The van der Waals surface area contributed by atoms with Gasteiger partial charge >= 0.3 is 0 Å². The highest BCUT2D eigenvalue weighted by atomic mass is 16.4. The molecule has 1 aromatic heterocycles. The molecule has 1 atom stereocenters. The van der Waals surface area contributed by atoms with E-state index in [0.717, 1.165) is 0 Å². The number of hydrogen-bond donors (Lipinski definition) is 2. The van der Waals surface area contributed by atoms with Gasteiger partial charge in [-0.05, 0) is 13.3 Å². The number of aliphatic hydroxyl groups is 1. The first-order chi connectivity index (χ1) is 6.54. The van der Waals surface area contributed by atoms with Crippen LogP contribution in [0.2, 0.25) is 0 Å². The molecule has 0 aliphatic carbocycles. The summed E-state index contributed by atoms with van der Waals surface area (Å²) < 4.78 is 5.15. The number of rotatable bonds is 3. The van der Waals surface area contributed by atoms with Crippen molar-refractivity contribution < 1.29 is 14.6 Å². The molecular formula is C10H14O4. The minimum absolute atomic E-state index is 0.157. The molecule has 2 N–H and O–H groups in total. The topological polar surface area (TPSA) is 70.7 Å². The fourth-order valence-electron chi connectivity index (χ4n) is 1.16. The van der Waals surface area contributed by atoms with Gasteiger partial charge in [-0.25, -0.2) is 0 Å². The number of hydrogen-bond acceptors (Lipinski definition) is 4. The van der Waals surface area contributed by atoms with Gasteiger partial charge in [0.1, 0.15) is 5.76 Å². The van der Waals surface area contributed by atoms with Crippen molar-refractivity contribution in [1.29, 1.82) is 0 Å². The first-order valence-corrected chi connectivity index (χ1v) is 4.55. The maximum atomic E-state index is 11.1. The Morgan fingerprint density at radius 2 is 2.21 bits per heavy atom. The largest absolute Gasteiger partial charge is 0.502 e. The molecule has 0 aliphatic heterocycles. The highest BCUT2D eigenvalue weighted by Gasteiger charge is 2.13. The predicted octanol–water partition coefficient (Wildman–Crippen LogP) is 0.967. The molecule has 0 aliphatic rings. The molecule has 0 spiro atoms. The Morgan fingerprint density at radius 1 is 1.57 bits per heavy atom. The van der Waals surface area contributed by atoms with Gasteiger partial charge in [0.15, 0.2) is 5.76 Å². The highest BCUT2D eigenvalue weighted by Crippen LogP contribution is 2.16. The zero-order valence-electron chi connectivity index (χ0n) is 8.28. The van der Waals surface area contributed by atoms with Crippen LogP contribution in [-0.2, 0) is 6.42 Å². The SMILES string of the molecule is CCC(O)Cc1oc(C)cc(=O)c1O. The van der Waals surface area contributed by atoms with Crippen LogP contribution in [0.15, 0.2) is 15.3 Å². The zero-order valence-corrected chi connectivity index (χ0v) is 8.28. The van der Waals surface area contributed by atoms with Crippen molar-refractivity contribution >= 4 is 0 Å². The van der Waals surface area contributed by atoms with Gasteiger partial charge in [-0.1, -0.05) is 6.92 Å². The van der Waals surface area contributed by atoms with Gasteiger partial charge in [0.05, 0.1) is 6.10 Å². The van der Waals surface area contributed by atoms with Crippen molar-refractivity contribution in [3.8, 4) is 5.75 Å². The van der Waals surface area contributed by atoms with Gasteiger partial charge < -0.3 is 14.6 Å². The van der Waals surface area contributed by atoms with Crippen molar-refractivity contribution in [2.75, 3.05) is 0 Å². The Kier molecular flexibility index (Phi) is 3.30. The van der Waals surface area contributed by atoms with Crippen LogP contribution in [-0.4, -0.2) is 16.3 Å². The molecule has 1 rings (SSSR count). The Labute approximate surface area is 81.8 Å². The van der Waals surface area contributed by atoms with Crippen LogP contribution < -0.4 is 5.43 Å². The summed E-state index contributed by atoms with van der Waals surface area (Å²) in [6, 6.07) is 1.22. The summed E-state index contributed by atoms with van der Waals surface area (Å²) in [5.74, 6) is 0.193. The molecule has 0 radical (unpaired) electrons. The van der Waals surface area contributed by atoms with Gasteiger partial charge in [0, 0.05) is 12.5 Å². The normalized spacial score (nSPS) is 12.8. The number of aromatic hydroxyl groups is 1. The fourth-order valence-corrected chi connectivity index (χ4v) is 1.16. The summed E-state index contributed by atoms with van der Waals surface area (Å²) in [6.07, 6.45) is 0.127. The average Bonchev–Trinajstić information content (AvgIpc) is 2.13. The van der Waals surface area contributed by atoms with E-state index >= 15 is 0 Å². The summed E-state index contributed by atoms with van der Waals surface area (Å²) in [4.78, 5) is 11.1. The van der Waals surface area contributed by atoms with E-state index in [1.807, 2.05) is 6.92 Å². The number of aliphatic hydroxyl groups excluding tert-OH is 1. The van der Waals surface area contributed by atoms with Gasteiger partial charge in [-0.2, -0.15) is 0 Å². The Morgan fingerprint density at radius 3 is 2.79 bits per heavy atom. The first kappa shape index (κ1) is 10.8. The van der Waals surface area contributed by atoms with Crippen molar-refractivity contribution in [2.45, 2.75) is 32.8 Å². The summed E-state index contributed by atoms with van der Waals surface area (Å²) in [7, 11) is 0. The summed E-state index contributed by atoms with van der Waals surface area (Å²) in [5.41, 5.74) is -0.466. The van der Waals surface area contributed by atoms with E-state index in [1.54, 1.807) is 6.92 Å². The molecule has 0 amide bonds. The molecule has 0 fully saturated rings. The Hall–Kier alpha value is -1.29. The Balaban J connectivity index is 3.02. The highest BCUT2D eigenvalue weighted by molar-refractivity contribution is 5.25. The smallest absolute Gasteiger partial charge is 0.227 e. The second-order valence-electron chi connectivity index (χ2n) is 3.26. The van der Waals surface area contributed by atoms with Crippen LogP contribution in [0.5, 0.6) is 5.75 Å². The summed E-state index contributed by atoms with van der Waals surface area (Å²) in [6.45, 7) is 3.44. The third-order valence-electron chi connectivity index (χ3n) is 2.01. The predicted molar refractivity (Wildman–Crippen MR) is 51.4 cm³/mol. The van der Waals surface area contributed by atoms with E-state index in [2.05, 4.69) is 0 Å². The molecule has 4 heteroatoms. The molecule has 1 unspecified atom stereocenters. The fraction of sp³-hybridized carbons (Fsp3) is 0.500. The minimum Gasteiger partial charge on any atom is -0.502 e. The maximum absolute atomic E-state index is 11.1. The molecular weight excluding hydrogens is 184 g/mol. The van der Waals surface area contributed by atoms with Gasteiger partial charge in [0.2, 0.25) is 11.2 Å². The number of aryl methyl sites for hydroxylation is 1. The van der Waals surface area contributed by atoms with Crippen molar-refractivity contribution in [3.05, 3.63) is 27.8 Å². The van der Waals surface area contributed by atoms with Crippen LogP contribution in [0.25, 0.3) is 0 Å². The average molecular weight is 198 g/mol. The molecule has 1 heterocycles. The second-order valence-corrected chi connectivity index (χ2v) is 3.26. The molecule has 0 bridgehead atoms. The molecule has 0 saturated heterocycles. The molecule has 14 heavy (non-hydrogen) atoms. The summed E-state index contributed by atoms with van der Waals surface area (Å²) in [5, 5.41) is 18.7. The monoisotopic (exact) mass is 198 g/mol. The minimum atomic E-state index is -0.592. The van der Waals surface area contributed by atoms with Crippen LogP contribution in [0.3, 0.4) is 0 Å².